The van der Waals surface area contributed by atoms with Gasteiger partial charge >= 0.3 is 0 Å². The number of nitrogens with zero attached hydrogens (tertiary/aromatic N) is 4. The lowest BCUT2D eigenvalue weighted by atomic mass is 9.93. The van der Waals surface area contributed by atoms with Crippen molar-refractivity contribution in [3.05, 3.63) is 17.8 Å². The van der Waals surface area contributed by atoms with Crippen molar-refractivity contribution >= 4 is 22.8 Å². The quantitative estimate of drug-likeness (QED) is 0.696. The number of pyridine rings is 1. The molecular weight excluding hydrogens is 388 g/mol. The van der Waals surface area contributed by atoms with Gasteiger partial charge in [0.05, 0.1) is 5.39 Å². The highest BCUT2D eigenvalue weighted by Crippen LogP contribution is 2.29. The highest BCUT2D eigenvalue weighted by molar-refractivity contribution is 5.87. The van der Waals surface area contributed by atoms with Crippen LogP contribution in [0.25, 0.3) is 11.0 Å². The lowest BCUT2D eigenvalue weighted by Gasteiger charge is -2.33. The van der Waals surface area contributed by atoms with Gasteiger partial charge in [0, 0.05) is 37.2 Å². The van der Waals surface area contributed by atoms with Gasteiger partial charge in [-0.15, -0.1) is 0 Å². The minimum atomic E-state index is 0.303. The molecular formula is C24H38N6O. The molecule has 7 nitrogen and oxygen atoms in total. The SMILES string of the molecule is CC(C)Nc1n[nH]c2nc([C@@H]3CCCN(C(=O)CCCN4CCCCCC4)C3)ccc12. The van der Waals surface area contributed by atoms with Gasteiger partial charge in [0.1, 0.15) is 0 Å². The van der Waals surface area contributed by atoms with Crippen LogP contribution in [-0.2, 0) is 4.79 Å². The van der Waals surface area contributed by atoms with Crippen LogP contribution in [0, 0.1) is 0 Å². The monoisotopic (exact) mass is 426 g/mol. The third-order valence-corrected chi connectivity index (χ3v) is 6.63. The van der Waals surface area contributed by atoms with Gasteiger partial charge in [-0.3, -0.25) is 9.89 Å². The molecule has 31 heavy (non-hydrogen) atoms. The van der Waals surface area contributed by atoms with Crippen LogP contribution < -0.4 is 5.32 Å². The van der Waals surface area contributed by atoms with Gasteiger partial charge in [0.2, 0.25) is 5.91 Å². The molecule has 4 rings (SSSR count). The van der Waals surface area contributed by atoms with Crippen LogP contribution in [-0.4, -0.2) is 69.7 Å². The van der Waals surface area contributed by atoms with E-state index >= 15 is 0 Å². The second-order valence-corrected chi connectivity index (χ2v) is 9.54. The van der Waals surface area contributed by atoms with Crippen molar-refractivity contribution in [3.63, 3.8) is 0 Å². The number of aromatic nitrogens is 3. The molecule has 0 aromatic carbocycles. The summed E-state index contributed by atoms with van der Waals surface area (Å²) >= 11 is 0. The van der Waals surface area contributed by atoms with E-state index in [0.29, 0.717) is 24.3 Å². The smallest absolute Gasteiger partial charge is 0.222 e. The van der Waals surface area contributed by atoms with E-state index in [-0.39, 0.29) is 0 Å². The van der Waals surface area contributed by atoms with E-state index in [2.05, 4.69) is 51.3 Å². The Labute approximate surface area is 186 Å². The zero-order valence-corrected chi connectivity index (χ0v) is 19.2. The van der Waals surface area contributed by atoms with Crippen molar-refractivity contribution < 1.29 is 4.79 Å². The standard InChI is InChI=1S/C24H38N6O/c1-18(2)25-23-20-11-12-21(26-24(20)28-27-23)19-9-7-16-30(17-19)22(31)10-8-15-29-13-5-3-4-6-14-29/h11-12,18-19H,3-10,13-17H2,1-2H3,(H2,25,26,27,28)/t19-/m1/s1. The normalized spacial score (nSPS) is 20.9. The number of anilines is 1. The van der Waals surface area contributed by atoms with Crippen LogP contribution in [0.15, 0.2) is 12.1 Å². The van der Waals surface area contributed by atoms with Crippen LogP contribution in [0.5, 0.6) is 0 Å². The average molecular weight is 427 g/mol. The van der Waals surface area contributed by atoms with Gasteiger partial charge in [-0.25, -0.2) is 4.98 Å². The maximum absolute atomic E-state index is 12.9. The van der Waals surface area contributed by atoms with Crippen LogP contribution in [0.1, 0.15) is 76.8 Å². The maximum Gasteiger partial charge on any atom is 0.222 e. The number of piperidine rings is 1. The van der Waals surface area contributed by atoms with Crippen molar-refractivity contribution in [2.24, 2.45) is 0 Å². The molecule has 170 valence electrons. The van der Waals surface area contributed by atoms with E-state index in [9.17, 15) is 4.79 Å². The van der Waals surface area contributed by atoms with Crippen molar-refractivity contribution in [2.75, 3.05) is 38.0 Å². The number of aromatic amines is 1. The molecule has 1 amide bonds. The lowest BCUT2D eigenvalue weighted by molar-refractivity contribution is -0.132. The molecule has 0 radical (unpaired) electrons. The summed E-state index contributed by atoms with van der Waals surface area (Å²) in [5, 5.41) is 11.8. The van der Waals surface area contributed by atoms with E-state index in [1.54, 1.807) is 0 Å². The number of fused-ring (bicyclic) bond motifs is 1. The largest absolute Gasteiger partial charge is 0.366 e. The zero-order chi connectivity index (χ0) is 21.6. The van der Waals surface area contributed by atoms with E-state index < -0.39 is 0 Å². The number of H-pyrrole nitrogens is 1. The van der Waals surface area contributed by atoms with Gasteiger partial charge in [-0.2, -0.15) is 5.10 Å². The van der Waals surface area contributed by atoms with Gasteiger partial charge in [0.25, 0.3) is 0 Å². The number of likely N-dealkylation sites (tertiary alicyclic amines) is 2. The molecule has 2 fully saturated rings. The number of nitrogens with one attached hydrogen (secondary N) is 2. The highest BCUT2D eigenvalue weighted by Gasteiger charge is 2.26. The molecule has 0 unspecified atom stereocenters. The molecule has 2 aromatic heterocycles. The van der Waals surface area contributed by atoms with Crippen molar-refractivity contribution in [1.82, 2.24) is 25.0 Å². The van der Waals surface area contributed by atoms with Crippen molar-refractivity contribution in [2.45, 2.75) is 77.2 Å². The fourth-order valence-electron chi connectivity index (χ4n) is 4.95. The third-order valence-electron chi connectivity index (χ3n) is 6.63. The summed E-state index contributed by atoms with van der Waals surface area (Å²) in [7, 11) is 0. The molecule has 2 aliphatic rings. The number of hydrogen-bond acceptors (Lipinski definition) is 5. The number of amides is 1. The molecule has 0 saturated carbocycles. The Hall–Kier alpha value is -2.15. The van der Waals surface area contributed by atoms with Gasteiger partial charge in [-0.05, 0) is 77.7 Å². The highest BCUT2D eigenvalue weighted by atomic mass is 16.2. The number of rotatable bonds is 7. The van der Waals surface area contributed by atoms with Crippen LogP contribution in [0.2, 0.25) is 0 Å². The number of hydrogen-bond donors (Lipinski definition) is 2. The predicted octanol–water partition coefficient (Wildman–Crippen LogP) is 4.14. The minimum Gasteiger partial charge on any atom is -0.366 e. The molecule has 1 atom stereocenters. The molecule has 2 N–H and O–H groups in total. The Balaban J connectivity index is 1.31. The second-order valence-electron chi connectivity index (χ2n) is 9.54. The van der Waals surface area contributed by atoms with Crippen molar-refractivity contribution in [1.29, 1.82) is 0 Å². The molecule has 2 aromatic rings. The maximum atomic E-state index is 12.9. The first-order valence-electron chi connectivity index (χ1n) is 12.2. The summed E-state index contributed by atoms with van der Waals surface area (Å²) in [6.45, 7) is 9.34. The fraction of sp³-hybridized carbons (Fsp3) is 0.708. The first-order valence-corrected chi connectivity index (χ1v) is 12.2. The average Bonchev–Trinajstić information content (AvgIpc) is 2.98. The Kier molecular flexibility index (Phi) is 7.43. The first-order chi connectivity index (χ1) is 15.1. The third kappa shape index (κ3) is 5.76. The Morgan fingerprint density at radius 2 is 1.97 bits per heavy atom. The predicted molar refractivity (Wildman–Crippen MR) is 125 cm³/mol. The number of carbonyl (C=O) groups is 1. The molecule has 2 saturated heterocycles. The summed E-state index contributed by atoms with van der Waals surface area (Å²) < 4.78 is 0. The van der Waals surface area contributed by atoms with E-state index in [1.807, 2.05) is 0 Å². The molecule has 0 spiro atoms. The summed E-state index contributed by atoms with van der Waals surface area (Å²) in [6.07, 6.45) is 9.11. The van der Waals surface area contributed by atoms with Gasteiger partial charge in [-0.1, -0.05) is 12.8 Å². The van der Waals surface area contributed by atoms with Gasteiger partial charge in [0.15, 0.2) is 11.5 Å². The summed E-state index contributed by atoms with van der Waals surface area (Å²) in [5.41, 5.74) is 1.89. The molecule has 0 aliphatic carbocycles. The molecule has 2 aliphatic heterocycles. The van der Waals surface area contributed by atoms with E-state index in [4.69, 9.17) is 4.98 Å². The Morgan fingerprint density at radius 1 is 1.16 bits per heavy atom. The van der Waals surface area contributed by atoms with Crippen LogP contribution >= 0.6 is 0 Å². The molecule has 4 heterocycles. The zero-order valence-electron chi connectivity index (χ0n) is 19.2. The summed E-state index contributed by atoms with van der Waals surface area (Å²) in [6, 6.07) is 4.54. The Bertz CT molecular complexity index is 855. The first kappa shape index (κ1) is 22.1. The number of carbonyl (C=O) groups excluding carboxylic acids is 1. The summed E-state index contributed by atoms with van der Waals surface area (Å²) in [4.78, 5) is 22.3. The molecule has 0 bridgehead atoms. The Morgan fingerprint density at radius 3 is 2.74 bits per heavy atom. The van der Waals surface area contributed by atoms with Crippen LogP contribution in [0.3, 0.4) is 0 Å². The van der Waals surface area contributed by atoms with Crippen molar-refractivity contribution in [3.8, 4) is 0 Å². The van der Waals surface area contributed by atoms with E-state index in [1.165, 1.54) is 38.8 Å². The fourth-order valence-corrected chi connectivity index (χ4v) is 4.95. The van der Waals surface area contributed by atoms with Gasteiger partial charge < -0.3 is 15.1 Å². The summed E-state index contributed by atoms with van der Waals surface area (Å²) in [5.74, 6) is 1.47. The topological polar surface area (TPSA) is 77.1 Å². The minimum absolute atomic E-state index is 0.303. The second kappa shape index (κ2) is 10.4. The van der Waals surface area contributed by atoms with Crippen LogP contribution in [0.4, 0.5) is 5.82 Å². The lowest BCUT2D eigenvalue weighted by Crippen LogP contribution is -2.39. The molecule has 7 heteroatoms. The van der Waals surface area contributed by atoms with E-state index in [0.717, 1.165) is 61.4 Å².